The summed E-state index contributed by atoms with van der Waals surface area (Å²) in [5.41, 5.74) is 4.59. The first-order valence-corrected chi connectivity index (χ1v) is 1.30. The summed E-state index contributed by atoms with van der Waals surface area (Å²) in [6.45, 7) is 0. The molecule has 0 rings (SSSR count). The average Bonchev–Trinajstić information content (AvgIpc) is 1.35. The van der Waals surface area contributed by atoms with Crippen LogP contribution in [-0.2, 0) is 0 Å². The van der Waals surface area contributed by atoms with Crippen molar-refractivity contribution in [3.05, 3.63) is 0 Å². The largest absolute Gasteiger partial charge is 0.410 e. The van der Waals surface area contributed by atoms with Crippen molar-refractivity contribution in [3.63, 3.8) is 0 Å². The zero-order valence-electron chi connectivity index (χ0n) is 3.00. The quantitative estimate of drug-likeness (QED) is 0.160. The summed E-state index contributed by atoms with van der Waals surface area (Å²) in [6, 6.07) is 0. The molecular weight excluding hydrogens is 84.0 g/mol. The smallest absolute Gasteiger partial charge is 0.151 e. The zero-order chi connectivity index (χ0) is 4.99. The van der Waals surface area contributed by atoms with E-state index in [9.17, 15) is 0 Å². The maximum absolute atomic E-state index is 7.97. The summed E-state index contributed by atoms with van der Waals surface area (Å²) in [5, 5.41) is 17.8. The minimum Gasteiger partial charge on any atom is -0.410 e. The van der Waals surface area contributed by atoms with Gasteiger partial charge >= 0.3 is 0 Å². The molecular formula is C2H5N2O2. The Bertz CT molecular complexity index is 51.5. The molecule has 0 saturated heterocycles. The molecule has 0 saturated carbocycles. The number of hydrogen-bond acceptors (Lipinski definition) is 4. The second-order valence-electron chi connectivity index (χ2n) is 0.674. The lowest BCUT2D eigenvalue weighted by Crippen LogP contribution is -2.19. The van der Waals surface area contributed by atoms with E-state index in [1.807, 2.05) is 0 Å². The molecule has 0 aliphatic heterocycles. The number of rotatable bonds is 1. The van der Waals surface area contributed by atoms with Crippen LogP contribution in [0.5, 0.6) is 0 Å². The second kappa shape index (κ2) is 2.62. The molecule has 1 radical (unpaired) electrons. The Labute approximate surface area is 34.9 Å². The van der Waals surface area contributed by atoms with Crippen LogP contribution in [0.15, 0.2) is 5.16 Å². The molecule has 0 fully saturated rings. The number of hydrogen-bond donors (Lipinski definition) is 3. The maximum atomic E-state index is 7.97. The van der Waals surface area contributed by atoms with Crippen LogP contribution in [0.2, 0.25) is 0 Å². The van der Waals surface area contributed by atoms with Gasteiger partial charge in [-0.05, 0) is 0 Å². The van der Waals surface area contributed by atoms with E-state index in [1.165, 1.54) is 0 Å². The summed E-state index contributed by atoms with van der Waals surface area (Å²) in [6.07, 6.45) is 0.454. The summed E-state index contributed by atoms with van der Waals surface area (Å²) in [5.74, 6) is 0. The first kappa shape index (κ1) is 5.39. The van der Waals surface area contributed by atoms with Gasteiger partial charge in [0.15, 0.2) is 12.4 Å². The molecule has 0 bridgehead atoms. The van der Waals surface area contributed by atoms with E-state index < -0.39 is 6.23 Å². The predicted octanol–water partition coefficient (Wildman–Crippen LogP) is -1.40. The van der Waals surface area contributed by atoms with Crippen LogP contribution in [0.25, 0.3) is 0 Å². The average molecular weight is 89.1 g/mol. The van der Waals surface area contributed by atoms with E-state index in [0.29, 0.717) is 0 Å². The minimum atomic E-state index is -1.27. The van der Waals surface area contributed by atoms with Gasteiger partial charge in [0, 0.05) is 0 Å². The zero-order valence-corrected chi connectivity index (χ0v) is 3.00. The molecule has 4 N–H and O–H groups in total. The van der Waals surface area contributed by atoms with Crippen LogP contribution in [0.3, 0.4) is 0 Å². The second-order valence-corrected chi connectivity index (χ2v) is 0.674. The molecule has 4 heteroatoms. The molecule has 35 valence electrons. The van der Waals surface area contributed by atoms with Crippen molar-refractivity contribution in [2.45, 2.75) is 6.23 Å². The summed E-state index contributed by atoms with van der Waals surface area (Å²) in [7, 11) is 0. The van der Waals surface area contributed by atoms with Gasteiger partial charge in [-0.25, -0.2) is 0 Å². The van der Waals surface area contributed by atoms with Crippen molar-refractivity contribution in [1.82, 2.24) is 0 Å². The van der Waals surface area contributed by atoms with Crippen LogP contribution in [0.1, 0.15) is 0 Å². The molecule has 4 nitrogen and oxygen atoms in total. The van der Waals surface area contributed by atoms with Gasteiger partial charge in [-0.1, -0.05) is 5.16 Å². The minimum absolute atomic E-state index is 1.27. The molecule has 1 atom stereocenters. The Hall–Kier alpha value is -0.610. The van der Waals surface area contributed by atoms with Gasteiger partial charge in [0.2, 0.25) is 0 Å². The van der Waals surface area contributed by atoms with E-state index >= 15 is 0 Å². The molecule has 0 spiro atoms. The van der Waals surface area contributed by atoms with Crippen molar-refractivity contribution >= 4 is 6.21 Å². The third-order valence-electron chi connectivity index (χ3n) is 0.190. The Morgan fingerprint density at radius 3 is 2.33 bits per heavy atom. The third kappa shape index (κ3) is 3.39. The van der Waals surface area contributed by atoms with Crippen molar-refractivity contribution < 1.29 is 10.3 Å². The summed E-state index contributed by atoms with van der Waals surface area (Å²) < 4.78 is 0. The standard InChI is InChI=1S/C2H5N2O2/c3-2(5)1-4-6/h2,5-6H,3H2. The summed E-state index contributed by atoms with van der Waals surface area (Å²) in [4.78, 5) is 0. The van der Waals surface area contributed by atoms with Crippen LogP contribution in [0.4, 0.5) is 0 Å². The molecule has 0 aromatic carbocycles. The number of nitrogens with zero attached hydrogens (tertiary/aromatic N) is 1. The number of aliphatic hydroxyl groups excluding tert-OH is 1. The van der Waals surface area contributed by atoms with Crippen LogP contribution >= 0.6 is 0 Å². The van der Waals surface area contributed by atoms with Crippen molar-refractivity contribution in [1.29, 1.82) is 0 Å². The highest BCUT2D eigenvalue weighted by Gasteiger charge is 1.83. The van der Waals surface area contributed by atoms with E-state index in [-0.39, 0.29) is 0 Å². The van der Waals surface area contributed by atoms with E-state index in [0.717, 1.165) is 0 Å². The van der Waals surface area contributed by atoms with E-state index in [4.69, 9.17) is 10.3 Å². The molecule has 0 aliphatic carbocycles. The van der Waals surface area contributed by atoms with Crippen molar-refractivity contribution in [3.8, 4) is 0 Å². The Balaban J connectivity index is 3.03. The topological polar surface area (TPSA) is 78.8 Å². The highest BCUT2D eigenvalue weighted by atomic mass is 16.4. The Morgan fingerprint density at radius 1 is 1.83 bits per heavy atom. The van der Waals surface area contributed by atoms with E-state index in [1.54, 1.807) is 6.21 Å². The van der Waals surface area contributed by atoms with Crippen molar-refractivity contribution in [2.24, 2.45) is 10.9 Å². The van der Waals surface area contributed by atoms with Gasteiger partial charge in [0.25, 0.3) is 0 Å². The van der Waals surface area contributed by atoms with Gasteiger partial charge in [0.05, 0.1) is 0 Å². The van der Waals surface area contributed by atoms with Gasteiger partial charge < -0.3 is 16.0 Å². The van der Waals surface area contributed by atoms with E-state index in [2.05, 4.69) is 10.9 Å². The molecule has 0 aliphatic rings. The molecule has 0 heterocycles. The van der Waals surface area contributed by atoms with Gasteiger partial charge in [-0.3, -0.25) is 0 Å². The van der Waals surface area contributed by atoms with Gasteiger partial charge in [-0.15, -0.1) is 0 Å². The fraction of sp³-hybridized carbons (Fsp3) is 0.500. The fourth-order valence-electron chi connectivity index (χ4n) is 0.0592. The van der Waals surface area contributed by atoms with Crippen LogP contribution in [-0.4, -0.2) is 22.8 Å². The van der Waals surface area contributed by atoms with Crippen molar-refractivity contribution in [2.75, 3.05) is 0 Å². The molecule has 0 aromatic rings. The summed E-state index contributed by atoms with van der Waals surface area (Å²) >= 11 is 0. The predicted molar refractivity (Wildman–Crippen MR) is 19.4 cm³/mol. The lowest BCUT2D eigenvalue weighted by molar-refractivity contribution is 0.244. The first-order chi connectivity index (χ1) is 2.77. The lowest BCUT2D eigenvalue weighted by Gasteiger charge is -1.84. The molecule has 6 heavy (non-hydrogen) atoms. The Morgan fingerprint density at radius 2 is 2.33 bits per heavy atom. The highest BCUT2D eigenvalue weighted by molar-refractivity contribution is 5.60. The molecule has 0 amide bonds. The number of nitrogens with two attached hydrogens (primary N) is 1. The number of aliphatic hydroxyl groups is 1. The highest BCUT2D eigenvalue weighted by Crippen LogP contribution is 1.55. The first-order valence-electron chi connectivity index (χ1n) is 1.30. The SMILES string of the molecule is NC(O)[C]=NO. The Kier molecular flexibility index (Phi) is 2.35. The third-order valence-corrected chi connectivity index (χ3v) is 0.190. The normalized spacial score (nSPS) is 15.7. The van der Waals surface area contributed by atoms with Gasteiger partial charge in [-0.2, -0.15) is 0 Å². The maximum Gasteiger partial charge on any atom is 0.151 e. The molecule has 0 aromatic heterocycles. The monoisotopic (exact) mass is 89.0 g/mol. The van der Waals surface area contributed by atoms with Crippen LogP contribution < -0.4 is 5.73 Å². The van der Waals surface area contributed by atoms with Gasteiger partial charge in [0.1, 0.15) is 0 Å². The lowest BCUT2D eigenvalue weighted by atomic mass is 10.7. The fourth-order valence-corrected chi connectivity index (χ4v) is 0.0592. The van der Waals surface area contributed by atoms with Crippen LogP contribution in [0, 0.1) is 0 Å². The molecule has 1 unspecified atom stereocenters.